The zero-order chi connectivity index (χ0) is 20.6. The van der Waals surface area contributed by atoms with Crippen LogP contribution in [0, 0.1) is 0 Å². The smallest absolute Gasteiger partial charge is 0.194 e. The Labute approximate surface area is 168 Å². The van der Waals surface area contributed by atoms with Gasteiger partial charge >= 0.3 is 17.8 Å². The van der Waals surface area contributed by atoms with Gasteiger partial charge in [0.1, 0.15) is 0 Å². The zero-order valence-corrected chi connectivity index (χ0v) is 16.0. The third kappa shape index (κ3) is 2.39. The number of halogens is 6. The summed E-state index contributed by atoms with van der Waals surface area (Å²) in [6.45, 7) is 0. The third-order valence-corrected chi connectivity index (χ3v) is 7.28. The number of fused-ring (bicyclic) bond motifs is 2. The number of hydrogen-bond acceptors (Lipinski definition) is 2. The van der Waals surface area contributed by atoms with Crippen LogP contribution in [0.3, 0.4) is 0 Å². The van der Waals surface area contributed by atoms with Crippen molar-refractivity contribution in [2.45, 2.75) is 17.8 Å². The fourth-order valence-corrected chi connectivity index (χ4v) is 5.88. The molecule has 5 rings (SSSR count). The van der Waals surface area contributed by atoms with Gasteiger partial charge in [0.05, 0.1) is 11.1 Å². The van der Waals surface area contributed by atoms with Gasteiger partial charge in [-0.15, -0.1) is 22.7 Å². The second-order valence-electron chi connectivity index (χ2n) is 6.77. The highest BCUT2D eigenvalue weighted by Gasteiger charge is 2.80. The molecule has 29 heavy (non-hydrogen) atoms. The first-order chi connectivity index (χ1) is 13.6. The SMILES string of the molecule is FC1(F)C(c2cc3ccccc3s2)=C(c2cc3ccccc3s2)C(F)(F)C1(F)F. The van der Waals surface area contributed by atoms with Crippen molar-refractivity contribution in [2.75, 3.05) is 0 Å². The summed E-state index contributed by atoms with van der Waals surface area (Å²) in [6.07, 6.45) is 0. The van der Waals surface area contributed by atoms with Crippen molar-refractivity contribution in [2.24, 2.45) is 0 Å². The summed E-state index contributed by atoms with van der Waals surface area (Å²) in [7, 11) is 0. The van der Waals surface area contributed by atoms with Crippen LogP contribution in [0.15, 0.2) is 60.7 Å². The van der Waals surface area contributed by atoms with E-state index >= 15 is 0 Å². The Bertz CT molecular complexity index is 1130. The van der Waals surface area contributed by atoms with Crippen molar-refractivity contribution in [3.8, 4) is 0 Å². The molecule has 0 bridgehead atoms. The van der Waals surface area contributed by atoms with Gasteiger partial charge in [0, 0.05) is 19.2 Å². The van der Waals surface area contributed by atoms with Crippen LogP contribution in [0.25, 0.3) is 31.3 Å². The second kappa shape index (κ2) is 5.86. The van der Waals surface area contributed by atoms with Crippen molar-refractivity contribution in [3.63, 3.8) is 0 Å². The number of hydrogen-bond donors (Lipinski definition) is 0. The second-order valence-corrected chi connectivity index (χ2v) is 8.94. The Morgan fingerprint density at radius 2 is 0.931 bits per heavy atom. The predicted octanol–water partition coefficient (Wildman–Crippen LogP) is 7.95. The Kier molecular flexibility index (Phi) is 3.77. The van der Waals surface area contributed by atoms with E-state index in [1.54, 1.807) is 48.5 Å². The lowest BCUT2D eigenvalue weighted by atomic mass is 10.0. The highest BCUT2D eigenvalue weighted by Crippen LogP contribution is 2.66. The molecule has 0 unspecified atom stereocenters. The minimum atomic E-state index is -5.53. The highest BCUT2D eigenvalue weighted by molar-refractivity contribution is 7.21. The van der Waals surface area contributed by atoms with Gasteiger partial charge in [-0.3, -0.25) is 0 Å². The molecule has 0 saturated carbocycles. The van der Waals surface area contributed by atoms with Crippen LogP contribution in [-0.4, -0.2) is 17.8 Å². The van der Waals surface area contributed by atoms with Crippen molar-refractivity contribution in [1.29, 1.82) is 0 Å². The number of rotatable bonds is 2. The van der Waals surface area contributed by atoms with Crippen LogP contribution < -0.4 is 0 Å². The van der Waals surface area contributed by atoms with Crippen LogP contribution in [0.5, 0.6) is 0 Å². The molecule has 0 atom stereocenters. The molecule has 0 nitrogen and oxygen atoms in total. The molecule has 0 N–H and O–H groups in total. The maximum absolute atomic E-state index is 14.8. The normalized spacial score (nSPS) is 20.1. The lowest BCUT2D eigenvalue weighted by molar-refractivity contribution is -0.254. The molecule has 148 valence electrons. The average Bonchev–Trinajstić information content (AvgIpc) is 3.30. The summed E-state index contributed by atoms with van der Waals surface area (Å²) in [4.78, 5) is -0.555. The fraction of sp³-hybridized carbons (Fsp3) is 0.143. The van der Waals surface area contributed by atoms with E-state index in [0.717, 1.165) is 22.7 Å². The maximum Gasteiger partial charge on any atom is 0.380 e. The minimum absolute atomic E-state index is 0.277. The van der Waals surface area contributed by atoms with E-state index in [0.29, 0.717) is 20.2 Å². The molecule has 0 amide bonds. The third-order valence-electron chi connectivity index (χ3n) is 5.01. The topological polar surface area (TPSA) is 0 Å². The summed E-state index contributed by atoms with van der Waals surface area (Å²) >= 11 is 1.61. The van der Waals surface area contributed by atoms with E-state index in [1.807, 2.05) is 0 Å². The Balaban J connectivity index is 1.87. The number of benzene rings is 2. The Hall–Kier alpha value is -2.32. The number of allylic oxidation sites excluding steroid dienone is 2. The molecule has 2 heterocycles. The molecule has 8 heteroatoms. The zero-order valence-electron chi connectivity index (χ0n) is 14.4. The minimum Gasteiger partial charge on any atom is -0.194 e. The lowest BCUT2D eigenvalue weighted by Gasteiger charge is -2.25. The van der Waals surface area contributed by atoms with Crippen molar-refractivity contribution in [3.05, 3.63) is 70.4 Å². The molecule has 0 saturated heterocycles. The van der Waals surface area contributed by atoms with E-state index < -0.39 is 28.9 Å². The molecular weight excluding hydrogens is 430 g/mol. The monoisotopic (exact) mass is 440 g/mol. The van der Waals surface area contributed by atoms with Crippen LogP contribution in [0.1, 0.15) is 9.75 Å². The first-order valence-electron chi connectivity index (χ1n) is 8.51. The lowest BCUT2D eigenvalue weighted by Crippen LogP contribution is -2.48. The molecule has 2 aromatic heterocycles. The first kappa shape index (κ1) is 18.7. The molecule has 2 aromatic carbocycles. The summed E-state index contributed by atoms with van der Waals surface area (Å²) in [6, 6.07) is 15.7. The maximum atomic E-state index is 14.8. The van der Waals surface area contributed by atoms with E-state index in [-0.39, 0.29) is 9.75 Å². The van der Waals surface area contributed by atoms with Gasteiger partial charge < -0.3 is 0 Å². The summed E-state index contributed by atoms with van der Waals surface area (Å²) in [5.74, 6) is -15.6. The van der Waals surface area contributed by atoms with E-state index in [1.165, 1.54) is 12.1 Å². The van der Waals surface area contributed by atoms with Crippen LogP contribution in [-0.2, 0) is 0 Å². The first-order valence-corrected chi connectivity index (χ1v) is 10.1. The summed E-state index contributed by atoms with van der Waals surface area (Å²) < 4.78 is 89.1. The molecular formula is C21H10F6S2. The molecule has 0 fully saturated rings. The molecule has 0 radical (unpaired) electrons. The average molecular weight is 440 g/mol. The summed E-state index contributed by atoms with van der Waals surface area (Å²) in [5.41, 5.74) is -2.58. The largest absolute Gasteiger partial charge is 0.380 e. The predicted molar refractivity (Wildman–Crippen MR) is 105 cm³/mol. The molecule has 1 aliphatic rings. The van der Waals surface area contributed by atoms with Crippen LogP contribution >= 0.6 is 22.7 Å². The molecule has 1 aliphatic carbocycles. The van der Waals surface area contributed by atoms with E-state index in [4.69, 9.17) is 0 Å². The number of thiophene rings is 2. The Morgan fingerprint density at radius 3 is 1.31 bits per heavy atom. The quantitative estimate of drug-likeness (QED) is 0.278. The van der Waals surface area contributed by atoms with Crippen molar-refractivity contribution >= 4 is 54.0 Å². The highest BCUT2D eigenvalue weighted by atomic mass is 32.1. The van der Waals surface area contributed by atoms with E-state index in [2.05, 4.69) is 0 Å². The van der Waals surface area contributed by atoms with Gasteiger partial charge in [-0.25, -0.2) is 0 Å². The summed E-state index contributed by atoms with van der Waals surface area (Å²) in [5, 5.41) is 1.06. The molecule has 0 spiro atoms. The Morgan fingerprint density at radius 1 is 0.552 bits per heavy atom. The van der Waals surface area contributed by atoms with Gasteiger partial charge in [0.25, 0.3) is 0 Å². The van der Waals surface area contributed by atoms with Crippen molar-refractivity contribution in [1.82, 2.24) is 0 Å². The molecule has 0 aliphatic heterocycles. The van der Waals surface area contributed by atoms with Gasteiger partial charge in [0.15, 0.2) is 0 Å². The number of alkyl halides is 6. The van der Waals surface area contributed by atoms with Gasteiger partial charge in [-0.05, 0) is 35.0 Å². The van der Waals surface area contributed by atoms with Gasteiger partial charge in [0.2, 0.25) is 0 Å². The molecule has 4 aromatic rings. The van der Waals surface area contributed by atoms with Crippen molar-refractivity contribution < 1.29 is 26.3 Å². The fourth-order valence-electron chi connectivity index (χ4n) is 3.59. The van der Waals surface area contributed by atoms with Crippen LogP contribution in [0.4, 0.5) is 26.3 Å². The van der Waals surface area contributed by atoms with E-state index in [9.17, 15) is 26.3 Å². The standard InChI is InChI=1S/C21H10F6S2/c22-19(23)17(15-9-11-5-1-3-7-13(11)28-15)18(20(24,25)21(19,26)27)16-10-12-6-2-4-8-14(12)29-16/h1-10H. The van der Waals surface area contributed by atoms with Gasteiger partial charge in [-0.1, -0.05) is 36.4 Å². The van der Waals surface area contributed by atoms with Crippen LogP contribution in [0.2, 0.25) is 0 Å². The van der Waals surface area contributed by atoms with Gasteiger partial charge in [-0.2, -0.15) is 26.3 Å².